The molecular formula is C15H18F3N3O2. The first-order chi connectivity index (χ1) is 10.7. The lowest BCUT2D eigenvalue weighted by Gasteiger charge is -2.25. The van der Waals surface area contributed by atoms with E-state index in [9.17, 15) is 22.8 Å². The van der Waals surface area contributed by atoms with Crippen LogP contribution in [0.4, 0.5) is 13.2 Å². The van der Waals surface area contributed by atoms with Crippen LogP contribution >= 0.6 is 0 Å². The first-order valence-corrected chi connectivity index (χ1v) is 7.08. The second kappa shape index (κ2) is 6.10. The number of aromatic nitrogens is 1. The molecule has 1 aliphatic rings. The molecule has 0 aromatic carbocycles. The van der Waals surface area contributed by atoms with E-state index in [2.05, 4.69) is 6.58 Å². The summed E-state index contributed by atoms with van der Waals surface area (Å²) in [5.41, 5.74) is -0.905. The molecule has 1 aliphatic heterocycles. The van der Waals surface area contributed by atoms with Crippen molar-refractivity contribution in [3.8, 4) is 0 Å². The van der Waals surface area contributed by atoms with Gasteiger partial charge in [-0.1, -0.05) is 6.58 Å². The van der Waals surface area contributed by atoms with E-state index in [1.807, 2.05) is 0 Å². The van der Waals surface area contributed by atoms with Crippen LogP contribution in [0.2, 0.25) is 0 Å². The predicted octanol–water partition coefficient (Wildman–Crippen LogP) is 1.90. The van der Waals surface area contributed by atoms with Gasteiger partial charge in [0, 0.05) is 27.2 Å². The number of alkyl halides is 3. The second-order valence-electron chi connectivity index (χ2n) is 5.51. The summed E-state index contributed by atoms with van der Waals surface area (Å²) in [6.07, 6.45) is -2.72. The van der Waals surface area contributed by atoms with Gasteiger partial charge in [-0.25, -0.2) is 0 Å². The van der Waals surface area contributed by atoms with Crippen LogP contribution in [0.3, 0.4) is 0 Å². The normalized spacial score (nSPS) is 18.1. The highest BCUT2D eigenvalue weighted by Crippen LogP contribution is 2.30. The van der Waals surface area contributed by atoms with Crippen LogP contribution in [0.1, 0.15) is 22.6 Å². The molecule has 126 valence electrons. The van der Waals surface area contributed by atoms with Crippen molar-refractivity contribution in [2.45, 2.75) is 18.6 Å². The van der Waals surface area contributed by atoms with Gasteiger partial charge in [0.05, 0.1) is 6.04 Å². The summed E-state index contributed by atoms with van der Waals surface area (Å²) < 4.78 is 39.3. The Morgan fingerprint density at radius 3 is 2.57 bits per heavy atom. The summed E-state index contributed by atoms with van der Waals surface area (Å²) in [5.74, 6) is -0.715. The summed E-state index contributed by atoms with van der Waals surface area (Å²) in [5, 5.41) is 0. The van der Waals surface area contributed by atoms with Gasteiger partial charge in [0.2, 0.25) is 5.91 Å². The molecule has 1 aromatic heterocycles. The molecule has 0 bridgehead atoms. The summed E-state index contributed by atoms with van der Waals surface area (Å²) in [4.78, 5) is 27.0. The van der Waals surface area contributed by atoms with Crippen LogP contribution in [0.25, 0.3) is 0 Å². The lowest BCUT2D eigenvalue weighted by molar-refractivity contribution is -0.143. The minimum atomic E-state index is -4.51. The summed E-state index contributed by atoms with van der Waals surface area (Å²) in [6.45, 7) is 4.26. The highest BCUT2D eigenvalue weighted by Gasteiger charge is 2.36. The van der Waals surface area contributed by atoms with Crippen molar-refractivity contribution in [1.82, 2.24) is 14.4 Å². The Hall–Kier alpha value is -2.25. The number of amides is 2. The number of hydrogen-bond acceptors (Lipinski definition) is 2. The minimum absolute atomic E-state index is 0.0340. The zero-order valence-corrected chi connectivity index (χ0v) is 12.9. The number of hydrogen-bond donors (Lipinski definition) is 0. The third-order valence-corrected chi connectivity index (χ3v) is 4.15. The standard InChI is InChI=1S/C15H18F3N3O2/c1-4-13(22)21-8-7-10(9-21)19(2)14(23)11-5-6-12(20(11)3)15(16,17)18/h4-6,10H,1,7-9H2,2-3H3/t10-/m1/s1. The van der Waals surface area contributed by atoms with Crippen molar-refractivity contribution in [3.63, 3.8) is 0 Å². The number of halogens is 3. The zero-order valence-electron chi connectivity index (χ0n) is 12.9. The molecule has 1 fully saturated rings. The van der Waals surface area contributed by atoms with E-state index in [4.69, 9.17) is 0 Å². The smallest absolute Gasteiger partial charge is 0.337 e. The van der Waals surface area contributed by atoms with Crippen LogP contribution in [-0.2, 0) is 18.0 Å². The summed E-state index contributed by atoms with van der Waals surface area (Å²) in [6, 6.07) is 1.84. The monoisotopic (exact) mass is 329 g/mol. The fourth-order valence-corrected chi connectivity index (χ4v) is 2.74. The Kier molecular flexibility index (Phi) is 4.53. The SMILES string of the molecule is C=CC(=O)N1CC[C@@H](N(C)C(=O)c2ccc(C(F)(F)F)n2C)C1. The number of carbonyl (C=O) groups is 2. The van der Waals surface area contributed by atoms with E-state index in [1.165, 1.54) is 31.1 Å². The number of likely N-dealkylation sites (N-methyl/N-ethyl adjacent to an activating group) is 1. The van der Waals surface area contributed by atoms with E-state index in [1.54, 1.807) is 4.90 Å². The molecule has 5 nitrogen and oxygen atoms in total. The molecule has 0 spiro atoms. The van der Waals surface area contributed by atoms with Crippen molar-refractivity contribution in [1.29, 1.82) is 0 Å². The molecular weight excluding hydrogens is 311 g/mol. The second-order valence-corrected chi connectivity index (χ2v) is 5.51. The van der Waals surface area contributed by atoms with E-state index in [-0.39, 0.29) is 17.6 Å². The summed E-state index contributed by atoms with van der Waals surface area (Å²) in [7, 11) is 2.75. The quantitative estimate of drug-likeness (QED) is 0.795. The molecule has 1 atom stereocenters. The largest absolute Gasteiger partial charge is 0.431 e. The van der Waals surface area contributed by atoms with Gasteiger partial charge in [-0.15, -0.1) is 0 Å². The molecule has 8 heteroatoms. The molecule has 0 N–H and O–H groups in total. The molecule has 2 rings (SSSR count). The average Bonchev–Trinajstić information content (AvgIpc) is 3.11. The van der Waals surface area contributed by atoms with Gasteiger partial charge in [0.15, 0.2) is 0 Å². The van der Waals surface area contributed by atoms with Gasteiger partial charge >= 0.3 is 6.18 Å². The van der Waals surface area contributed by atoms with Gasteiger partial charge in [0.25, 0.3) is 5.91 Å². The van der Waals surface area contributed by atoms with Gasteiger partial charge < -0.3 is 14.4 Å². The highest BCUT2D eigenvalue weighted by atomic mass is 19.4. The molecule has 0 saturated carbocycles. The Balaban J connectivity index is 2.14. The van der Waals surface area contributed by atoms with Crippen LogP contribution in [0, 0.1) is 0 Å². The van der Waals surface area contributed by atoms with E-state index in [0.717, 1.165) is 10.6 Å². The molecule has 0 unspecified atom stereocenters. The fourth-order valence-electron chi connectivity index (χ4n) is 2.74. The molecule has 2 heterocycles. The first-order valence-electron chi connectivity index (χ1n) is 7.08. The molecule has 23 heavy (non-hydrogen) atoms. The Morgan fingerprint density at radius 2 is 2.04 bits per heavy atom. The molecule has 1 aromatic rings. The third kappa shape index (κ3) is 3.25. The van der Waals surface area contributed by atoms with E-state index >= 15 is 0 Å². The van der Waals surface area contributed by atoms with Crippen molar-refractivity contribution in [3.05, 3.63) is 36.2 Å². The van der Waals surface area contributed by atoms with Crippen LogP contribution in [0.15, 0.2) is 24.8 Å². The lowest BCUT2D eigenvalue weighted by atomic mass is 10.2. The van der Waals surface area contributed by atoms with Crippen molar-refractivity contribution in [2.75, 3.05) is 20.1 Å². The number of nitrogens with zero attached hydrogens (tertiary/aromatic N) is 3. The molecule has 1 saturated heterocycles. The lowest BCUT2D eigenvalue weighted by Crippen LogP contribution is -2.40. The molecule has 2 amide bonds. The Morgan fingerprint density at radius 1 is 1.39 bits per heavy atom. The Bertz CT molecular complexity index is 636. The zero-order chi connectivity index (χ0) is 17.4. The van der Waals surface area contributed by atoms with E-state index < -0.39 is 17.8 Å². The van der Waals surface area contributed by atoms with Gasteiger partial charge in [-0.3, -0.25) is 9.59 Å². The number of rotatable bonds is 3. The number of carbonyl (C=O) groups excluding carboxylic acids is 2. The number of likely N-dealkylation sites (tertiary alicyclic amines) is 1. The maximum atomic E-state index is 12.8. The maximum Gasteiger partial charge on any atom is 0.431 e. The van der Waals surface area contributed by atoms with Gasteiger partial charge in [-0.05, 0) is 24.6 Å². The third-order valence-electron chi connectivity index (χ3n) is 4.15. The van der Waals surface area contributed by atoms with Gasteiger partial charge in [0.1, 0.15) is 11.4 Å². The fraction of sp³-hybridized carbons (Fsp3) is 0.467. The van der Waals surface area contributed by atoms with Crippen LogP contribution < -0.4 is 0 Å². The minimum Gasteiger partial charge on any atom is -0.337 e. The predicted molar refractivity (Wildman–Crippen MR) is 77.7 cm³/mol. The Labute approximate surface area is 132 Å². The molecule has 0 aliphatic carbocycles. The van der Waals surface area contributed by atoms with Gasteiger partial charge in [-0.2, -0.15) is 13.2 Å². The van der Waals surface area contributed by atoms with Crippen molar-refractivity contribution < 1.29 is 22.8 Å². The first kappa shape index (κ1) is 17.1. The van der Waals surface area contributed by atoms with Crippen LogP contribution in [-0.4, -0.2) is 52.4 Å². The summed E-state index contributed by atoms with van der Waals surface area (Å²) >= 11 is 0. The van der Waals surface area contributed by atoms with Crippen molar-refractivity contribution in [2.24, 2.45) is 7.05 Å². The maximum absolute atomic E-state index is 12.8. The molecule has 0 radical (unpaired) electrons. The van der Waals surface area contributed by atoms with E-state index in [0.29, 0.717) is 19.5 Å². The topological polar surface area (TPSA) is 45.6 Å². The average molecular weight is 329 g/mol. The van der Waals surface area contributed by atoms with Crippen molar-refractivity contribution >= 4 is 11.8 Å². The van der Waals surface area contributed by atoms with Crippen LogP contribution in [0.5, 0.6) is 0 Å². The highest BCUT2D eigenvalue weighted by molar-refractivity contribution is 5.93.